The lowest BCUT2D eigenvalue weighted by Crippen LogP contribution is -2.49. The fourth-order valence-corrected chi connectivity index (χ4v) is 3.65. The fraction of sp³-hybridized carbons (Fsp3) is 0.632. The highest BCUT2D eigenvalue weighted by atomic mass is 16.5. The van der Waals surface area contributed by atoms with Gasteiger partial charge in [0.15, 0.2) is 0 Å². The molecule has 0 aliphatic carbocycles. The van der Waals surface area contributed by atoms with Crippen molar-refractivity contribution in [1.82, 2.24) is 15.1 Å². The van der Waals surface area contributed by atoms with Crippen LogP contribution in [0, 0.1) is 0 Å². The predicted molar refractivity (Wildman–Crippen MR) is 94.7 cm³/mol. The summed E-state index contributed by atoms with van der Waals surface area (Å²) in [6.07, 6.45) is 2.76. The number of likely N-dealkylation sites (N-methyl/N-ethyl adjacent to an activating group) is 1. The molecule has 0 bridgehead atoms. The molecular weight excluding hydrogens is 302 g/mol. The molecule has 5 heteroatoms. The Balaban J connectivity index is 1.49. The quantitative estimate of drug-likeness (QED) is 0.888. The van der Waals surface area contributed by atoms with Crippen molar-refractivity contribution < 1.29 is 9.53 Å². The highest BCUT2D eigenvalue weighted by Gasteiger charge is 2.27. The first kappa shape index (κ1) is 17.4. The summed E-state index contributed by atoms with van der Waals surface area (Å²) in [4.78, 5) is 17.0. The van der Waals surface area contributed by atoms with E-state index in [0.29, 0.717) is 19.1 Å². The van der Waals surface area contributed by atoms with Gasteiger partial charge in [-0.3, -0.25) is 9.69 Å². The topological polar surface area (TPSA) is 44.8 Å². The number of morpholine rings is 1. The molecule has 0 aromatic heterocycles. The second kappa shape index (κ2) is 8.60. The van der Waals surface area contributed by atoms with Crippen LogP contribution in [0.5, 0.6) is 0 Å². The Labute approximate surface area is 145 Å². The van der Waals surface area contributed by atoms with E-state index in [1.807, 2.05) is 18.0 Å². The van der Waals surface area contributed by atoms with Crippen LogP contribution in [0.4, 0.5) is 0 Å². The maximum absolute atomic E-state index is 12.6. The number of piperidine rings is 1. The van der Waals surface area contributed by atoms with Crippen LogP contribution in [-0.2, 0) is 16.1 Å². The molecule has 1 aromatic carbocycles. The van der Waals surface area contributed by atoms with Crippen molar-refractivity contribution in [2.24, 2.45) is 0 Å². The Morgan fingerprint density at radius 1 is 1.25 bits per heavy atom. The number of hydrogen-bond acceptors (Lipinski definition) is 4. The monoisotopic (exact) mass is 331 g/mol. The van der Waals surface area contributed by atoms with E-state index in [2.05, 4.69) is 34.5 Å². The zero-order valence-electron chi connectivity index (χ0n) is 14.6. The number of carbonyl (C=O) groups is 1. The molecule has 2 aliphatic rings. The van der Waals surface area contributed by atoms with Crippen molar-refractivity contribution in [3.05, 3.63) is 35.9 Å². The number of rotatable bonds is 5. The van der Waals surface area contributed by atoms with Crippen LogP contribution < -0.4 is 5.32 Å². The van der Waals surface area contributed by atoms with Gasteiger partial charge in [0.05, 0.1) is 19.1 Å². The van der Waals surface area contributed by atoms with Gasteiger partial charge in [0.1, 0.15) is 0 Å². The number of likely N-dealkylation sites (tertiary alicyclic amines) is 1. The van der Waals surface area contributed by atoms with Gasteiger partial charge in [0, 0.05) is 38.8 Å². The third-order valence-electron chi connectivity index (χ3n) is 5.06. The molecule has 2 atom stereocenters. The van der Waals surface area contributed by atoms with Crippen LogP contribution >= 0.6 is 0 Å². The van der Waals surface area contributed by atoms with Gasteiger partial charge in [-0.1, -0.05) is 30.3 Å². The molecule has 132 valence electrons. The van der Waals surface area contributed by atoms with Gasteiger partial charge in [0.2, 0.25) is 5.91 Å². The number of amides is 1. The Morgan fingerprint density at radius 2 is 2.08 bits per heavy atom. The molecule has 0 spiro atoms. The minimum absolute atomic E-state index is 0.0184. The first-order chi connectivity index (χ1) is 11.7. The average Bonchev–Trinajstić information content (AvgIpc) is 2.63. The van der Waals surface area contributed by atoms with Crippen LogP contribution in [0.15, 0.2) is 30.3 Å². The summed E-state index contributed by atoms with van der Waals surface area (Å²) in [5.74, 6) is 0.238. The van der Waals surface area contributed by atoms with E-state index in [0.717, 1.165) is 45.6 Å². The molecule has 2 aliphatic heterocycles. The highest BCUT2D eigenvalue weighted by molar-refractivity contribution is 5.76. The van der Waals surface area contributed by atoms with Crippen molar-refractivity contribution in [2.75, 3.05) is 39.8 Å². The van der Waals surface area contributed by atoms with E-state index >= 15 is 0 Å². The number of hydrogen-bond donors (Lipinski definition) is 1. The van der Waals surface area contributed by atoms with Crippen molar-refractivity contribution in [1.29, 1.82) is 0 Å². The summed E-state index contributed by atoms with van der Waals surface area (Å²) < 4.78 is 5.86. The number of nitrogens with zero attached hydrogens (tertiary/aromatic N) is 2. The molecule has 24 heavy (non-hydrogen) atoms. The van der Waals surface area contributed by atoms with E-state index in [9.17, 15) is 4.79 Å². The number of carbonyl (C=O) groups excluding carboxylic acids is 1. The summed E-state index contributed by atoms with van der Waals surface area (Å²) in [6.45, 7) is 5.13. The Bertz CT molecular complexity index is 523. The van der Waals surface area contributed by atoms with Crippen LogP contribution in [0.3, 0.4) is 0 Å². The zero-order valence-corrected chi connectivity index (χ0v) is 14.6. The largest absolute Gasteiger partial charge is 0.375 e. The number of nitrogens with one attached hydrogen (secondary N) is 1. The predicted octanol–water partition coefficient (Wildman–Crippen LogP) is 1.49. The molecular formula is C19H29N3O2. The van der Waals surface area contributed by atoms with Crippen molar-refractivity contribution in [3.8, 4) is 0 Å². The maximum Gasteiger partial charge on any atom is 0.225 e. The van der Waals surface area contributed by atoms with Crippen molar-refractivity contribution in [2.45, 2.75) is 38.0 Å². The third kappa shape index (κ3) is 4.79. The maximum atomic E-state index is 12.6. The minimum atomic E-state index is 0.0184. The first-order valence-electron chi connectivity index (χ1n) is 9.07. The van der Waals surface area contributed by atoms with Crippen molar-refractivity contribution >= 4 is 5.91 Å². The molecule has 0 radical (unpaired) electrons. The standard InChI is InChI=1S/C19H29N3O2/c1-20-17-8-5-9-22(14-17)19(23)12-18-15-21(10-11-24-18)13-16-6-3-2-4-7-16/h2-4,6-7,17-18,20H,5,8-15H2,1H3. The molecule has 2 fully saturated rings. The Kier molecular flexibility index (Phi) is 6.24. The lowest BCUT2D eigenvalue weighted by atomic mass is 10.0. The van der Waals surface area contributed by atoms with E-state index in [4.69, 9.17) is 4.74 Å². The van der Waals surface area contributed by atoms with E-state index in [-0.39, 0.29) is 12.0 Å². The summed E-state index contributed by atoms with van der Waals surface area (Å²) in [7, 11) is 1.98. The first-order valence-corrected chi connectivity index (χ1v) is 9.07. The Morgan fingerprint density at radius 3 is 2.88 bits per heavy atom. The van der Waals surface area contributed by atoms with Crippen LogP contribution in [0.2, 0.25) is 0 Å². The number of ether oxygens (including phenoxy) is 1. The van der Waals surface area contributed by atoms with E-state index in [1.165, 1.54) is 5.56 Å². The van der Waals surface area contributed by atoms with Crippen LogP contribution in [-0.4, -0.2) is 67.7 Å². The van der Waals surface area contributed by atoms with Gasteiger partial charge in [-0.25, -0.2) is 0 Å². The molecule has 1 aromatic rings. The molecule has 3 rings (SSSR count). The Hall–Kier alpha value is -1.43. The van der Waals surface area contributed by atoms with Gasteiger partial charge in [-0.15, -0.1) is 0 Å². The van der Waals surface area contributed by atoms with Crippen molar-refractivity contribution in [3.63, 3.8) is 0 Å². The van der Waals surface area contributed by atoms with Gasteiger partial charge in [-0.2, -0.15) is 0 Å². The zero-order chi connectivity index (χ0) is 16.8. The molecule has 2 unspecified atom stereocenters. The summed E-state index contributed by atoms with van der Waals surface area (Å²) in [5.41, 5.74) is 1.32. The number of benzene rings is 1. The highest BCUT2D eigenvalue weighted by Crippen LogP contribution is 2.16. The van der Waals surface area contributed by atoms with Crippen LogP contribution in [0.25, 0.3) is 0 Å². The van der Waals surface area contributed by atoms with Gasteiger partial charge < -0.3 is 15.0 Å². The lowest BCUT2D eigenvalue weighted by molar-refractivity contribution is -0.137. The van der Waals surface area contributed by atoms with E-state index in [1.54, 1.807) is 0 Å². The lowest BCUT2D eigenvalue weighted by Gasteiger charge is -2.36. The summed E-state index contributed by atoms with van der Waals surface area (Å²) in [5, 5.41) is 3.29. The molecule has 1 amide bonds. The average molecular weight is 331 g/mol. The minimum Gasteiger partial charge on any atom is -0.375 e. The van der Waals surface area contributed by atoms with Crippen LogP contribution in [0.1, 0.15) is 24.8 Å². The molecule has 5 nitrogen and oxygen atoms in total. The molecule has 2 saturated heterocycles. The molecule has 0 saturated carbocycles. The second-order valence-corrected chi connectivity index (χ2v) is 6.89. The van der Waals surface area contributed by atoms with Gasteiger partial charge >= 0.3 is 0 Å². The molecule has 2 heterocycles. The smallest absolute Gasteiger partial charge is 0.225 e. The van der Waals surface area contributed by atoms with Gasteiger partial charge in [-0.05, 0) is 25.5 Å². The van der Waals surface area contributed by atoms with Gasteiger partial charge in [0.25, 0.3) is 0 Å². The second-order valence-electron chi connectivity index (χ2n) is 6.89. The summed E-state index contributed by atoms with van der Waals surface area (Å²) in [6, 6.07) is 10.9. The van der Waals surface area contributed by atoms with E-state index < -0.39 is 0 Å². The molecule has 1 N–H and O–H groups in total. The normalized spacial score (nSPS) is 25.6. The third-order valence-corrected chi connectivity index (χ3v) is 5.06. The summed E-state index contributed by atoms with van der Waals surface area (Å²) >= 11 is 0. The SMILES string of the molecule is CNC1CCCN(C(=O)CC2CN(Cc3ccccc3)CCO2)C1. The fourth-order valence-electron chi connectivity index (χ4n) is 3.65.